The van der Waals surface area contributed by atoms with Crippen molar-refractivity contribution >= 4 is 29.7 Å². The van der Waals surface area contributed by atoms with Crippen molar-refractivity contribution in [2.75, 3.05) is 7.11 Å². The monoisotopic (exact) mass is 274 g/mol. The summed E-state index contributed by atoms with van der Waals surface area (Å²) in [5.74, 6) is 0. The molecular weight excluding hydrogens is 252 g/mol. The Morgan fingerprint density at radius 2 is 1.22 bits per heavy atom. The highest BCUT2D eigenvalue weighted by atomic mass is 28.4. The Morgan fingerprint density at radius 3 is 1.50 bits per heavy atom. The zero-order valence-electron chi connectivity index (χ0n) is 10.4. The van der Waals surface area contributed by atoms with Gasteiger partial charge in [0.25, 0.3) is 8.32 Å². The van der Waals surface area contributed by atoms with Gasteiger partial charge in [-0.05, 0) is 27.4 Å². The van der Waals surface area contributed by atoms with Gasteiger partial charge in [-0.2, -0.15) is 0 Å². The topological polar surface area (TPSA) is 9.23 Å². The Hall–Kier alpha value is -1.17. The average molecular weight is 275 g/mol. The van der Waals surface area contributed by atoms with E-state index in [-0.39, 0.29) is 11.0 Å². The highest BCUT2D eigenvalue weighted by molar-refractivity contribution is 6.97. The van der Waals surface area contributed by atoms with Crippen molar-refractivity contribution in [2.24, 2.45) is 0 Å². The van der Waals surface area contributed by atoms with E-state index in [0.717, 1.165) is 6.04 Å². The van der Waals surface area contributed by atoms with Gasteiger partial charge in [0.1, 0.15) is 0 Å². The van der Waals surface area contributed by atoms with Crippen LogP contribution in [0.3, 0.4) is 0 Å². The molecule has 2 rings (SSSR count). The fourth-order valence-electron chi connectivity index (χ4n) is 2.37. The first-order valence-electron chi connectivity index (χ1n) is 5.99. The van der Waals surface area contributed by atoms with Gasteiger partial charge < -0.3 is 4.43 Å². The second-order valence-corrected chi connectivity index (χ2v) is 8.04. The molecule has 0 atom stereocenters. The van der Waals surface area contributed by atoms with Gasteiger partial charge in [-0.1, -0.05) is 67.6 Å². The first-order chi connectivity index (χ1) is 8.33. The van der Waals surface area contributed by atoms with Crippen LogP contribution >= 0.6 is 0 Å². The SMILES string of the molecule is CC[Si](OC)(c1ccccc1)c1ccccc1.[SiH4]. The molecule has 0 aliphatic heterocycles. The largest absolute Gasteiger partial charge is 0.411 e. The summed E-state index contributed by atoms with van der Waals surface area (Å²) >= 11 is 0. The Bertz CT molecular complexity index is 411. The molecule has 96 valence electrons. The normalized spacial score (nSPS) is 10.8. The van der Waals surface area contributed by atoms with Gasteiger partial charge in [-0.3, -0.25) is 0 Å². The second kappa shape index (κ2) is 6.68. The van der Waals surface area contributed by atoms with Gasteiger partial charge in [0.15, 0.2) is 0 Å². The van der Waals surface area contributed by atoms with Crippen LogP contribution in [0.5, 0.6) is 0 Å². The Balaban J connectivity index is 0.00000162. The fourth-order valence-corrected chi connectivity index (χ4v) is 5.74. The molecule has 0 N–H and O–H groups in total. The minimum absolute atomic E-state index is 0. The van der Waals surface area contributed by atoms with Crippen LogP contribution in [0.25, 0.3) is 0 Å². The van der Waals surface area contributed by atoms with Crippen LogP contribution in [0.1, 0.15) is 6.92 Å². The molecule has 0 unspecified atom stereocenters. The molecule has 0 spiro atoms. The summed E-state index contributed by atoms with van der Waals surface area (Å²) in [7, 11) is -0.153. The summed E-state index contributed by atoms with van der Waals surface area (Å²) in [6, 6.07) is 22.3. The maximum absolute atomic E-state index is 6.00. The third-order valence-electron chi connectivity index (χ3n) is 3.33. The zero-order chi connectivity index (χ0) is 12.1. The van der Waals surface area contributed by atoms with E-state index in [0.29, 0.717) is 0 Å². The molecular formula is C15H22OSi2. The highest BCUT2D eigenvalue weighted by Crippen LogP contribution is 2.11. The standard InChI is InChI=1S/C15H18OSi.H4Si/c1-3-17(16-2,14-10-6-4-7-11-14)15-12-8-5-9-13-15;/h4-13H,3H2,1-2H3;1H4. The van der Waals surface area contributed by atoms with Crippen LogP contribution in [0.15, 0.2) is 60.7 Å². The predicted molar refractivity (Wildman–Crippen MR) is 86.7 cm³/mol. The van der Waals surface area contributed by atoms with Gasteiger partial charge in [0.2, 0.25) is 0 Å². The van der Waals surface area contributed by atoms with E-state index in [1.807, 2.05) is 7.11 Å². The second-order valence-electron chi connectivity index (χ2n) is 4.12. The van der Waals surface area contributed by atoms with Crippen molar-refractivity contribution in [1.29, 1.82) is 0 Å². The van der Waals surface area contributed by atoms with Crippen LogP contribution in [0.4, 0.5) is 0 Å². The first-order valence-corrected chi connectivity index (χ1v) is 8.11. The molecule has 0 radical (unpaired) electrons. The third-order valence-corrected chi connectivity index (χ3v) is 7.55. The van der Waals surface area contributed by atoms with Crippen molar-refractivity contribution in [3.05, 3.63) is 60.7 Å². The van der Waals surface area contributed by atoms with Crippen molar-refractivity contribution in [1.82, 2.24) is 0 Å². The molecule has 1 nitrogen and oxygen atoms in total. The summed E-state index contributed by atoms with van der Waals surface area (Å²) in [6.45, 7) is 2.22. The molecule has 3 heteroatoms. The van der Waals surface area contributed by atoms with Gasteiger partial charge in [0.05, 0.1) is 0 Å². The Kier molecular flexibility index (Phi) is 5.53. The number of benzene rings is 2. The molecule has 0 bridgehead atoms. The van der Waals surface area contributed by atoms with E-state index in [2.05, 4.69) is 67.6 Å². The molecule has 2 aromatic rings. The van der Waals surface area contributed by atoms with Gasteiger partial charge in [-0.25, -0.2) is 0 Å². The van der Waals surface area contributed by atoms with Crippen molar-refractivity contribution in [3.63, 3.8) is 0 Å². The maximum Gasteiger partial charge on any atom is 0.254 e. The van der Waals surface area contributed by atoms with Gasteiger partial charge in [0, 0.05) is 7.11 Å². The van der Waals surface area contributed by atoms with Crippen LogP contribution < -0.4 is 10.4 Å². The molecule has 0 fully saturated rings. The minimum Gasteiger partial charge on any atom is -0.411 e. The number of rotatable bonds is 4. The third kappa shape index (κ3) is 2.63. The van der Waals surface area contributed by atoms with Crippen molar-refractivity contribution in [2.45, 2.75) is 13.0 Å². The van der Waals surface area contributed by atoms with E-state index >= 15 is 0 Å². The predicted octanol–water partition coefficient (Wildman–Crippen LogP) is 0.961. The summed E-state index contributed by atoms with van der Waals surface area (Å²) in [5.41, 5.74) is 0. The smallest absolute Gasteiger partial charge is 0.254 e. The summed E-state index contributed by atoms with van der Waals surface area (Å²) in [4.78, 5) is 0. The molecule has 2 aromatic carbocycles. The molecule has 0 aliphatic carbocycles. The van der Waals surface area contributed by atoms with Gasteiger partial charge >= 0.3 is 0 Å². The van der Waals surface area contributed by atoms with E-state index in [1.54, 1.807) is 0 Å². The van der Waals surface area contributed by atoms with Crippen LogP contribution in [-0.4, -0.2) is 26.4 Å². The van der Waals surface area contributed by atoms with E-state index < -0.39 is 8.32 Å². The average Bonchev–Trinajstić information content (AvgIpc) is 2.43. The van der Waals surface area contributed by atoms with Crippen molar-refractivity contribution in [3.8, 4) is 0 Å². The summed E-state index contributed by atoms with van der Waals surface area (Å²) in [6.07, 6.45) is 0. The zero-order valence-corrected chi connectivity index (χ0v) is 11.4. The fraction of sp³-hybridized carbons (Fsp3) is 0.200. The molecule has 0 aromatic heterocycles. The van der Waals surface area contributed by atoms with Gasteiger partial charge in [-0.15, -0.1) is 0 Å². The summed E-state index contributed by atoms with van der Waals surface area (Å²) < 4.78 is 6.00. The number of hydrogen-bond acceptors (Lipinski definition) is 1. The van der Waals surface area contributed by atoms with Crippen LogP contribution in [0, 0.1) is 0 Å². The van der Waals surface area contributed by atoms with E-state index in [9.17, 15) is 0 Å². The van der Waals surface area contributed by atoms with Crippen molar-refractivity contribution < 1.29 is 4.43 Å². The molecule has 0 amide bonds. The minimum atomic E-state index is -2.00. The molecule has 0 heterocycles. The van der Waals surface area contributed by atoms with E-state index in [4.69, 9.17) is 4.43 Å². The lowest BCUT2D eigenvalue weighted by Gasteiger charge is -2.29. The van der Waals surface area contributed by atoms with E-state index in [1.165, 1.54) is 10.4 Å². The number of hydrogen-bond donors (Lipinski definition) is 0. The Morgan fingerprint density at radius 1 is 0.833 bits per heavy atom. The summed E-state index contributed by atoms with van der Waals surface area (Å²) in [5, 5.41) is 2.69. The Labute approximate surface area is 115 Å². The maximum atomic E-state index is 6.00. The molecule has 18 heavy (non-hydrogen) atoms. The van der Waals surface area contributed by atoms with Crippen LogP contribution in [-0.2, 0) is 4.43 Å². The molecule has 0 aliphatic rings. The highest BCUT2D eigenvalue weighted by Gasteiger charge is 2.36. The molecule has 0 saturated carbocycles. The lowest BCUT2D eigenvalue weighted by Crippen LogP contribution is -2.59. The first kappa shape index (κ1) is 14.9. The lowest BCUT2D eigenvalue weighted by molar-refractivity contribution is 0.416. The molecule has 0 saturated heterocycles. The van der Waals surface area contributed by atoms with Crippen LogP contribution in [0.2, 0.25) is 6.04 Å². The quantitative estimate of drug-likeness (QED) is 0.755. The lowest BCUT2D eigenvalue weighted by atomic mass is 10.4.